The summed E-state index contributed by atoms with van der Waals surface area (Å²) in [6, 6.07) is -0.166. The second-order valence-corrected chi connectivity index (χ2v) is 3.21. The van der Waals surface area contributed by atoms with Crippen LogP contribution < -0.4 is 5.73 Å². The Bertz CT molecular complexity index is 172. The number of aliphatic imine (C=N–C) groups is 1. The van der Waals surface area contributed by atoms with E-state index >= 15 is 0 Å². The van der Waals surface area contributed by atoms with E-state index in [0.717, 1.165) is 0 Å². The molecule has 3 N–H and O–H groups in total. The highest BCUT2D eigenvalue weighted by Crippen LogP contribution is 2.17. The molecule has 0 saturated heterocycles. The Morgan fingerprint density at radius 2 is 2.45 bits per heavy atom. The summed E-state index contributed by atoms with van der Waals surface area (Å²) in [5.41, 5.74) is 4.49. The summed E-state index contributed by atoms with van der Waals surface area (Å²) in [5, 5.41) is 9.50. The number of nitrogens with two attached hydrogens (primary N) is 1. The van der Waals surface area contributed by atoms with Crippen molar-refractivity contribution in [2.24, 2.45) is 10.7 Å². The fraction of sp³-hybridized carbons (Fsp3) is 0.857. The van der Waals surface area contributed by atoms with Crippen LogP contribution in [-0.4, -0.2) is 35.8 Å². The van der Waals surface area contributed by atoms with Crippen LogP contribution in [0.2, 0.25) is 0 Å². The summed E-state index contributed by atoms with van der Waals surface area (Å²) in [6.45, 7) is 4.18. The minimum Gasteiger partial charge on any atom is -0.478 e. The van der Waals surface area contributed by atoms with Gasteiger partial charge in [-0.05, 0) is 13.8 Å². The molecule has 1 rings (SSSR count). The van der Waals surface area contributed by atoms with Gasteiger partial charge in [0, 0.05) is 0 Å². The van der Waals surface area contributed by atoms with E-state index in [-0.39, 0.29) is 6.04 Å². The van der Waals surface area contributed by atoms with Crippen LogP contribution in [0.15, 0.2) is 4.99 Å². The number of hydrogen-bond donors (Lipinski definition) is 2. The van der Waals surface area contributed by atoms with Crippen LogP contribution >= 0.6 is 0 Å². The molecule has 0 aromatic heterocycles. The summed E-state index contributed by atoms with van der Waals surface area (Å²) >= 11 is 0. The molecule has 0 aromatic carbocycles. The number of nitrogens with zero attached hydrogens (tertiary/aromatic N) is 1. The normalized spacial score (nSPS) is 24.7. The Labute approximate surface area is 66.1 Å². The number of ether oxygens (including phenoxy) is 1. The van der Waals surface area contributed by atoms with Crippen LogP contribution in [0.3, 0.4) is 0 Å². The first-order valence-corrected chi connectivity index (χ1v) is 3.66. The maximum atomic E-state index is 9.50. The molecule has 0 amide bonds. The Morgan fingerprint density at radius 3 is 2.73 bits per heavy atom. The topological polar surface area (TPSA) is 67.8 Å². The fourth-order valence-electron chi connectivity index (χ4n) is 0.897. The van der Waals surface area contributed by atoms with Crippen LogP contribution in [0.1, 0.15) is 13.8 Å². The van der Waals surface area contributed by atoms with E-state index in [4.69, 9.17) is 10.5 Å². The lowest BCUT2D eigenvalue weighted by atomic mass is 10.0. The van der Waals surface area contributed by atoms with Gasteiger partial charge in [0.15, 0.2) is 5.90 Å². The van der Waals surface area contributed by atoms with Gasteiger partial charge >= 0.3 is 0 Å². The van der Waals surface area contributed by atoms with Gasteiger partial charge in [-0.15, -0.1) is 0 Å². The van der Waals surface area contributed by atoms with E-state index in [1.165, 1.54) is 0 Å². The van der Waals surface area contributed by atoms with E-state index in [1.54, 1.807) is 13.8 Å². The Hall–Kier alpha value is -0.610. The van der Waals surface area contributed by atoms with Gasteiger partial charge in [0.1, 0.15) is 12.6 Å². The molecular formula is C7H14N2O2. The van der Waals surface area contributed by atoms with Gasteiger partial charge < -0.3 is 15.6 Å². The van der Waals surface area contributed by atoms with Gasteiger partial charge in [0.25, 0.3) is 0 Å². The highest BCUT2D eigenvalue weighted by atomic mass is 16.5. The van der Waals surface area contributed by atoms with E-state index in [0.29, 0.717) is 19.0 Å². The zero-order chi connectivity index (χ0) is 8.48. The Morgan fingerprint density at radius 1 is 1.82 bits per heavy atom. The molecular weight excluding hydrogens is 144 g/mol. The van der Waals surface area contributed by atoms with Gasteiger partial charge in [-0.3, -0.25) is 0 Å². The second kappa shape index (κ2) is 2.79. The van der Waals surface area contributed by atoms with Gasteiger partial charge in [-0.2, -0.15) is 0 Å². The van der Waals surface area contributed by atoms with E-state index in [2.05, 4.69) is 4.99 Å². The summed E-state index contributed by atoms with van der Waals surface area (Å²) in [6.07, 6.45) is 0. The second-order valence-electron chi connectivity index (χ2n) is 3.21. The largest absolute Gasteiger partial charge is 0.478 e. The summed E-state index contributed by atoms with van der Waals surface area (Å²) < 4.78 is 5.11. The summed E-state index contributed by atoms with van der Waals surface area (Å²) in [4.78, 5) is 4.10. The van der Waals surface area contributed by atoms with Crippen LogP contribution in [0.4, 0.5) is 0 Å². The van der Waals surface area contributed by atoms with Crippen molar-refractivity contribution in [2.45, 2.75) is 25.5 Å². The van der Waals surface area contributed by atoms with E-state index in [9.17, 15) is 5.11 Å². The predicted molar refractivity (Wildman–Crippen MR) is 42.5 cm³/mol. The average Bonchev–Trinajstić information content (AvgIpc) is 2.32. The third-order valence-corrected chi connectivity index (χ3v) is 1.70. The summed E-state index contributed by atoms with van der Waals surface area (Å²) in [5.74, 6) is 0.539. The molecule has 64 valence electrons. The molecule has 0 aromatic rings. The lowest BCUT2D eigenvalue weighted by Crippen LogP contribution is -2.35. The van der Waals surface area contributed by atoms with Crippen LogP contribution in [0.25, 0.3) is 0 Å². The molecule has 1 aliphatic heterocycles. The van der Waals surface area contributed by atoms with Crippen molar-refractivity contribution in [2.75, 3.05) is 13.2 Å². The third kappa shape index (κ3) is 1.91. The molecule has 0 spiro atoms. The highest BCUT2D eigenvalue weighted by molar-refractivity contribution is 5.79. The lowest BCUT2D eigenvalue weighted by Gasteiger charge is -2.20. The molecule has 1 unspecified atom stereocenters. The molecule has 1 atom stereocenters. The highest BCUT2D eigenvalue weighted by Gasteiger charge is 2.31. The quantitative estimate of drug-likeness (QED) is 0.570. The zero-order valence-corrected chi connectivity index (χ0v) is 6.87. The standard InChI is InChI=1S/C7H14N2O2/c1-7(2,10)5-4-11-6(3-8)9-5/h5,10H,3-4,8H2,1-2H3. The monoisotopic (exact) mass is 158 g/mol. The molecule has 0 fully saturated rings. The molecule has 4 heteroatoms. The first-order chi connectivity index (χ1) is 5.04. The maximum absolute atomic E-state index is 9.50. The smallest absolute Gasteiger partial charge is 0.197 e. The molecule has 11 heavy (non-hydrogen) atoms. The van der Waals surface area contributed by atoms with Gasteiger partial charge in [0.2, 0.25) is 0 Å². The van der Waals surface area contributed by atoms with Gasteiger partial charge in [0.05, 0.1) is 12.1 Å². The van der Waals surface area contributed by atoms with E-state index < -0.39 is 5.60 Å². The van der Waals surface area contributed by atoms with Crippen molar-refractivity contribution in [3.05, 3.63) is 0 Å². The zero-order valence-electron chi connectivity index (χ0n) is 6.87. The van der Waals surface area contributed by atoms with Crippen molar-refractivity contribution in [1.29, 1.82) is 0 Å². The molecule has 0 radical (unpaired) electrons. The maximum Gasteiger partial charge on any atom is 0.197 e. The van der Waals surface area contributed by atoms with E-state index in [1.807, 2.05) is 0 Å². The SMILES string of the molecule is CC(C)(O)C1COC(CN)=N1. The van der Waals surface area contributed by atoms with Crippen LogP contribution in [0.5, 0.6) is 0 Å². The van der Waals surface area contributed by atoms with Crippen molar-refractivity contribution >= 4 is 5.90 Å². The lowest BCUT2D eigenvalue weighted by molar-refractivity contribution is 0.0436. The fourth-order valence-corrected chi connectivity index (χ4v) is 0.897. The number of aliphatic hydroxyl groups is 1. The van der Waals surface area contributed by atoms with Crippen molar-refractivity contribution in [3.63, 3.8) is 0 Å². The molecule has 0 aliphatic carbocycles. The number of hydrogen-bond acceptors (Lipinski definition) is 4. The molecule has 4 nitrogen and oxygen atoms in total. The predicted octanol–water partition coefficient (Wildman–Crippen LogP) is -0.487. The molecule has 0 bridgehead atoms. The van der Waals surface area contributed by atoms with Gasteiger partial charge in [-0.25, -0.2) is 4.99 Å². The molecule has 0 saturated carbocycles. The number of rotatable bonds is 2. The Kier molecular flexibility index (Phi) is 2.15. The van der Waals surface area contributed by atoms with Crippen LogP contribution in [0, 0.1) is 0 Å². The first kappa shape index (κ1) is 8.49. The Balaban J connectivity index is 2.59. The average molecular weight is 158 g/mol. The van der Waals surface area contributed by atoms with Crippen molar-refractivity contribution in [3.8, 4) is 0 Å². The van der Waals surface area contributed by atoms with Gasteiger partial charge in [-0.1, -0.05) is 0 Å². The van der Waals surface area contributed by atoms with Crippen molar-refractivity contribution in [1.82, 2.24) is 0 Å². The van der Waals surface area contributed by atoms with Crippen LogP contribution in [-0.2, 0) is 4.74 Å². The molecule has 1 aliphatic rings. The summed E-state index contributed by atoms with van der Waals surface area (Å²) in [7, 11) is 0. The molecule has 1 heterocycles. The third-order valence-electron chi connectivity index (χ3n) is 1.70. The van der Waals surface area contributed by atoms with Crippen molar-refractivity contribution < 1.29 is 9.84 Å². The minimum absolute atomic E-state index is 0.166. The minimum atomic E-state index is -0.809. The first-order valence-electron chi connectivity index (χ1n) is 3.66.